The lowest BCUT2D eigenvalue weighted by atomic mass is 10.1. The van der Waals surface area contributed by atoms with E-state index >= 15 is 0 Å². The van der Waals surface area contributed by atoms with E-state index in [2.05, 4.69) is 21.2 Å². The molecule has 0 heterocycles. The third kappa shape index (κ3) is 4.83. The van der Waals surface area contributed by atoms with Crippen LogP contribution in [0.15, 0.2) is 22.7 Å². The number of halogens is 4. The number of nitrogens with two attached hydrogens (primary N) is 1. The molecule has 0 spiro atoms. The van der Waals surface area contributed by atoms with Gasteiger partial charge < -0.3 is 11.1 Å². The molecule has 3 nitrogen and oxygen atoms in total. The fraction of sp³-hybridized carbons (Fsp3) is 0.417. The van der Waals surface area contributed by atoms with Crippen LogP contribution in [0.1, 0.15) is 29.8 Å². The third-order valence-electron chi connectivity index (χ3n) is 2.24. The van der Waals surface area contributed by atoms with Crippen molar-refractivity contribution in [1.82, 2.24) is 5.32 Å². The maximum Gasteiger partial charge on any atom is 0.417 e. The molecule has 0 fully saturated rings. The topological polar surface area (TPSA) is 55.1 Å². The molecule has 0 aromatic heterocycles. The second-order valence-electron chi connectivity index (χ2n) is 4.86. The Kier molecular flexibility index (Phi) is 4.63. The van der Waals surface area contributed by atoms with E-state index < -0.39 is 23.2 Å². The predicted molar refractivity (Wildman–Crippen MR) is 69.7 cm³/mol. The average Bonchev–Trinajstić information content (AvgIpc) is 2.24. The van der Waals surface area contributed by atoms with Crippen LogP contribution in [0.2, 0.25) is 0 Å². The summed E-state index contributed by atoms with van der Waals surface area (Å²) in [7, 11) is 0. The molecule has 0 bridgehead atoms. The van der Waals surface area contributed by atoms with E-state index in [1.807, 2.05) is 0 Å². The molecule has 0 unspecified atom stereocenters. The molecular formula is C12H14BrF3N2O. The second-order valence-corrected chi connectivity index (χ2v) is 5.72. The van der Waals surface area contributed by atoms with Crippen LogP contribution in [0.25, 0.3) is 0 Å². The van der Waals surface area contributed by atoms with E-state index in [1.165, 1.54) is 12.1 Å². The Hall–Kier alpha value is -1.08. The van der Waals surface area contributed by atoms with Crippen LogP contribution in [-0.2, 0) is 6.18 Å². The monoisotopic (exact) mass is 338 g/mol. The van der Waals surface area contributed by atoms with Gasteiger partial charge in [-0.2, -0.15) is 13.2 Å². The first kappa shape index (κ1) is 16.0. The van der Waals surface area contributed by atoms with Crippen molar-refractivity contribution in [2.75, 3.05) is 6.54 Å². The Morgan fingerprint density at radius 1 is 1.37 bits per heavy atom. The van der Waals surface area contributed by atoms with Gasteiger partial charge in [0.25, 0.3) is 5.91 Å². The fourth-order valence-electron chi connectivity index (χ4n) is 1.29. The first-order valence-corrected chi connectivity index (χ1v) is 6.24. The molecule has 0 radical (unpaired) electrons. The molecule has 0 atom stereocenters. The molecule has 1 aromatic rings. The van der Waals surface area contributed by atoms with Gasteiger partial charge in [-0.25, -0.2) is 0 Å². The molecular weight excluding hydrogens is 325 g/mol. The summed E-state index contributed by atoms with van der Waals surface area (Å²) in [6, 6.07) is 3.33. The minimum absolute atomic E-state index is 0.0558. The molecule has 3 N–H and O–H groups in total. The first-order valence-electron chi connectivity index (χ1n) is 5.44. The van der Waals surface area contributed by atoms with Crippen molar-refractivity contribution < 1.29 is 18.0 Å². The minimum atomic E-state index is -4.51. The number of benzene rings is 1. The highest BCUT2D eigenvalue weighted by Crippen LogP contribution is 2.35. The van der Waals surface area contributed by atoms with Crippen molar-refractivity contribution >= 4 is 21.8 Å². The lowest BCUT2D eigenvalue weighted by Crippen LogP contribution is -2.45. The summed E-state index contributed by atoms with van der Waals surface area (Å²) in [5.74, 6) is -0.587. The van der Waals surface area contributed by atoms with Crippen molar-refractivity contribution in [1.29, 1.82) is 0 Å². The molecule has 1 rings (SSSR count). The van der Waals surface area contributed by atoms with Crippen molar-refractivity contribution in [2.24, 2.45) is 5.73 Å². The molecule has 1 amide bonds. The van der Waals surface area contributed by atoms with Gasteiger partial charge in [0.15, 0.2) is 0 Å². The number of carbonyl (C=O) groups excluding carboxylic acids is 1. The van der Waals surface area contributed by atoms with Gasteiger partial charge in [-0.15, -0.1) is 0 Å². The highest BCUT2D eigenvalue weighted by atomic mass is 79.9. The van der Waals surface area contributed by atoms with Gasteiger partial charge in [0.1, 0.15) is 0 Å². The van der Waals surface area contributed by atoms with Crippen molar-refractivity contribution in [3.8, 4) is 0 Å². The molecule has 0 saturated heterocycles. The van der Waals surface area contributed by atoms with Crippen LogP contribution >= 0.6 is 15.9 Å². The summed E-state index contributed by atoms with van der Waals surface area (Å²) in [6.07, 6.45) is -4.51. The van der Waals surface area contributed by atoms with E-state index in [-0.39, 0.29) is 16.6 Å². The lowest BCUT2D eigenvalue weighted by Gasteiger charge is -2.19. The van der Waals surface area contributed by atoms with Gasteiger partial charge in [-0.05, 0) is 32.0 Å². The van der Waals surface area contributed by atoms with E-state index in [9.17, 15) is 18.0 Å². The van der Waals surface area contributed by atoms with Gasteiger partial charge in [0, 0.05) is 22.1 Å². The maximum atomic E-state index is 12.7. The van der Waals surface area contributed by atoms with Gasteiger partial charge in [-0.1, -0.05) is 15.9 Å². The SMILES string of the molecule is CC(C)(N)CNC(=O)c1ccc(Br)c(C(F)(F)F)c1. The summed E-state index contributed by atoms with van der Waals surface area (Å²) in [6.45, 7) is 3.58. The number of carbonyl (C=O) groups is 1. The van der Waals surface area contributed by atoms with Gasteiger partial charge in [0.2, 0.25) is 0 Å². The highest BCUT2D eigenvalue weighted by molar-refractivity contribution is 9.10. The zero-order chi connectivity index (χ0) is 14.8. The molecule has 0 saturated carbocycles. The predicted octanol–water partition coefficient (Wildman–Crippen LogP) is 2.94. The van der Waals surface area contributed by atoms with Gasteiger partial charge in [0.05, 0.1) is 5.56 Å². The Labute approximate surface area is 117 Å². The number of hydrogen-bond acceptors (Lipinski definition) is 2. The maximum absolute atomic E-state index is 12.7. The summed E-state index contributed by atoms with van der Waals surface area (Å²) >= 11 is 2.81. The Bertz CT molecular complexity index is 481. The highest BCUT2D eigenvalue weighted by Gasteiger charge is 2.33. The Morgan fingerprint density at radius 3 is 2.42 bits per heavy atom. The zero-order valence-corrected chi connectivity index (χ0v) is 12.0. The second kappa shape index (κ2) is 5.50. The van der Waals surface area contributed by atoms with Crippen LogP contribution in [0.5, 0.6) is 0 Å². The first-order chi connectivity index (χ1) is 8.50. The number of nitrogens with one attached hydrogen (secondary N) is 1. The lowest BCUT2D eigenvalue weighted by molar-refractivity contribution is -0.138. The van der Waals surface area contributed by atoms with Gasteiger partial charge in [-0.3, -0.25) is 4.79 Å². The van der Waals surface area contributed by atoms with Crippen molar-refractivity contribution in [3.05, 3.63) is 33.8 Å². The van der Waals surface area contributed by atoms with Crippen LogP contribution in [0.3, 0.4) is 0 Å². The Morgan fingerprint density at radius 2 is 1.95 bits per heavy atom. The Balaban J connectivity index is 2.94. The minimum Gasteiger partial charge on any atom is -0.350 e. The summed E-state index contributed by atoms with van der Waals surface area (Å²) < 4.78 is 38.0. The average molecular weight is 339 g/mol. The van der Waals surface area contributed by atoms with E-state index in [0.29, 0.717) is 0 Å². The molecule has 0 aliphatic heterocycles. The van der Waals surface area contributed by atoms with E-state index in [1.54, 1.807) is 13.8 Å². The largest absolute Gasteiger partial charge is 0.417 e. The normalized spacial score (nSPS) is 12.4. The quantitative estimate of drug-likeness (QED) is 0.890. The van der Waals surface area contributed by atoms with Crippen LogP contribution < -0.4 is 11.1 Å². The van der Waals surface area contributed by atoms with E-state index in [4.69, 9.17) is 5.73 Å². The van der Waals surface area contributed by atoms with Crippen molar-refractivity contribution in [3.63, 3.8) is 0 Å². The molecule has 106 valence electrons. The number of amides is 1. The van der Waals surface area contributed by atoms with Gasteiger partial charge >= 0.3 is 6.18 Å². The number of alkyl halides is 3. The number of hydrogen-bond donors (Lipinski definition) is 2. The molecule has 0 aliphatic rings. The summed E-state index contributed by atoms with van der Waals surface area (Å²) in [4.78, 5) is 11.7. The smallest absolute Gasteiger partial charge is 0.350 e. The summed E-state index contributed by atoms with van der Waals surface area (Å²) in [5.41, 5.74) is 4.12. The van der Waals surface area contributed by atoms with Crippen LogP contribution in [0, 0.1) is 0 Å². The summed E-state index contributed by atoms with van der Waals surface area (Å²) in [5, 5.41) is 2.49. The standard InChI is InChI=1S/C12H14BrF3N2O/c1-11(2,17)6-18-10(19)7-3-4-9(13)8(5-7)12(14,15)16/h3-5H,6,17H2,1-2H3,(H,18,19). The molecule has 19 heavy (non-hydrogen) atoms. The third-order valence-corrected chi connectivity index (χ3v) is 2.93. The van der Waals surface area contributed by atoms with Crippen molar-refractivity contribution in [2.45, 2.75) is 25.6 Å². The van der Waals surface area contributed by atoms with Crippen LogP contribution in [-0.4, -0.2) is 18.0 Å². The number of rotatable bonds is 3. The molecule has 1 aromatic carbocycles. The molecule has 7 heteroatoms. The molecule has 0 aliphatic carbocycles. The van der Waals surface area contributed by atoms with E-state index in [0.717, 1.165) is 6.07 Å². The zero-order valence-electron chi connectivity index (χ0n) is 10.4. The fourth-order valence-corrected chi connectivity index (χ4v) is 1.77. The van der Waals surface area contributed by atoms with Crippen LogP contribution in [0.4, 0.5) is 13.2 Å².